The van der Waals surface area contributed by atoms with Crippen LogP contribution in [0.5, 0.6) is 0 Å². The van der Waals surface area contributed by atoms with Gasteiger partial charge in [0.25, 0.3) is 0 Å². The Morgan fingerprint density at radius 2 is 2.30 bits per heavy atom. The van der Waals surface area contributed by atoms with Crippen LogP contribution in [-0.4, -0.2) is 4.98 Å². The minimum atomic E-state index is 0.834. The molecule has 54 valence electrons. The van der Waals surface area contributed by atoms with Gasteiger partial charge in [-0.2, -0.15) is 0 Å². The summed E-state index contributed by atoms with van der Waals surface area (Å²) in [6.07, 6.45) is 2.72. The lowest BCUT2D eigenvalue weighted by atomic mass is 10.4. The van der Waals surface area contributed by atoms with Crippen LogP contribution >= 0.6 is 27.3 Å². The molecular formula is C7H8BrNS. The molecule has 0 amide bonds. The molecule has 1 nitrogen and oxygen atoms in total. The van der Waals surface area contributed by atoms with Crippen LogP contribution < -0.4 is 0 Å². The molecule has 1 heterocycles. The summed E-state index contributed by atoms with van der Waals surface area (Å²) in [5.41, 5.74) is 0. The highest BCUT2D eigenvalue weighted by Gasteiger charge is 2.27. The van der Waals surface area contributed by atoms with Gasteiger partial charge < -0.3 is 0 Å². The van der Waals surface area contributed by atoms with Crippen LogP contribution in [0, 0.1) is 6.92 Å². The number of hydrogen-bond donors (Lipinski definition) is 0. The van der Waals surface area contributed by atoms with Gasteiger partial charge in [0, 0.05) is 4.88 Å². The van der Waals surface area contributed by atoms with Crippen molar-refractivity contribution < 1.29 is 0 Å². The summed E-state index contributed by atoms with van der Waals surface area (Å²) in [4.78, 5) is 5.76. The number of rotatable bonds is 1. The van der Waals surface area contributed by atoms with Crippen molar-refractivity contribution >= 4 is 27.3 Å². The molecule has 1 aromatic heterocycles. The van der Waals surface area contributed by atoms with Gasteiger partial charge in [0.1, 0.15) is 4.60 Å². The smallest absolute Gasteiger partial charge is 0.120 e. The van der Waals surface area contributed by atoms with Crippen LogP contribution in [0.2, 0.25) is 0 Å². The lowest BCUT2D eigenvalue weighted by Gasteiger charge is -1.86. The summed E-state index contributed by atoms with van der Waals surface area (Å²) in [5, 5.41) is 1.17. The summed E-state index contributed by atoms with van der Waals surface area (Å²) >= 11 is 5.28. The molecule has 0 saturated heterocycles. The van der Waals surface area contributed by atoms with E-state index in [1.54, 1.807) is 0 Å². The second kappa shape index (κ2) is 2.31. The third-order valence-corrected chi connectivity index (χ3v) is 3.66. The largest absolute Gasteiger partial charge is 0.234 e. The van der Waals surface area contributed by atoms with E-state index in [-0.39, 0.29) is 0 Å². The van der Waals surface area contributed by atoms with E-state index >= 15 is 0 Å². The average molecular weight is 218 g/mol. The van der Waals surface area contributed by atoms with Crippen molar-refractivity contribution in [3.8, 4) is 0 Å². The standard InChI is InChI=1S/C7H8BrNS/c1-4-9-7(8)6(10-4)5-2-3-5/h5H,2-3H2,1H3. The Balaban J connectivity index is 2.38. The zero-order valence-corrected chi connectivity index (χ0v) is 8.13. The third kappa shape index (κ3) is 1.12. The molecule has 0 aliphatic heterocycles. The molecule has 0 N–H and O–H groups in total. The van der Waals surface area contributed by atoms with Gasteiger partial charge in [-0.15, -0.1) is 11.3 Å². The fourth-order valence-electron chi connectivity index (χ4n) is 1.01. The Morgan fingerprint density at radius 1 is 1.60 bits per heavy atom. The molecule has 1 aromatic rings. The van der Waals surface area contributed by atoms with E-state index in [1.807, 2.05) is 11.3 Å². The molecule has 0 bridgehead atoms. The maximum atomic E-state index is 4.31. The van der Waals surface area contributed by atoms with Crippen molar-refractivity contribution in [3.05, 3.63) is 14.5 Å². The molecule has 10 heavy (non-hydrogen) atoms. The van der Waals surface area contributed by atoms with Gasteiger partial charge in [0.2, 0.25) is 0 Å². The molecule has 0 spiro atoms. The fraction of sp³-hybridized carbons (Fsp3) is 0.571. The first-order valence-corrected chi connectivity index (χ1v) is 5.01. The molecule has 1 saturated carbocycles. The summed E-state index contributed by atoms with van der Waals surface area (Å²) in [6, 6.07) is 0. The number of thiazole rings is 1. The summed E-state index contributed by atoms with van der Waals surface area (Å²) in [5.74, 6) is 0.834. The van der Waals surface area contributed by atoms with Crippen molar-refractivity contribution in [3.63, 3.8) is 0 Å². The van der Waals surface area contributed by atoms with Crippen molar-refractivity contribution in [2.75, 3.05) is 0 Å². The third-order valence-electron chi connectivity index (χ3n) is 1.66. The van der Waals surface area contributed by atoms with Gasteiger partial charge in [-0.05, 0) is 41.6 Å². The molecule has 0 atom stereocenters. The Kier molecular flexibility index (Phi) is 1.57. The van der Waals surface area contributed by atoms with Gasteiger partial charge in [0.05, 0.1) is 5.01 Å². The van der Waals surface area contributed by atoms with Crippen molar-refractivity contribution in [1.29, 1.82) is 0 Å². The highest BCUT2D eigenvalue weighted by Crippen LogP contribution is 2.45. The monoisotopic (exact) mass is 217 g/mol. The van der Waals surface area contributed by atoms with Crippen LogP contribution in [0.25, 0.3) is 0 Å². The number of aryl methyl sites for hydroxylation is 1. The minimum Gasteiger partial charge on any atom is -0.234 e. The first kappa shape index (κ1) is 6.80. The number of nitrogens with zero attached hydrogens (tertiary/aromatic N) is 1. The lowest BCUT2D eigenvalue weighted by Crippen LogP contribution is -1.71. The molecular weight excluding hydrogens is 210 g/mol. The van der Waals surface area contributed by atoms with E-state index in [4.69, 9.17) is 0 Å². The molecule has 0 aromatic carbocycles. The highest BCUT2D eigenvalue weighted by atomic mass is 79.9. The zero-order chi connectivity index (χ0) is 7.14. The van der Waals surface area contributed by atoms with E-state index in [1.165, 1.54) is 22.7 Å². The Bertz CT molecular complexity index is 252. The molecule has 2 rings (SSSR count). The fourth-order valence-corrected chi connectivity index (χ4v) is 2.95. The van der Waals surface area contributed by atoms with Crippen LogP contribution in [0.3, 0.4) is 0 Å². The quantitative estimate of drug-likeness (QED) is 0.705. The van der Waals surface area contributed by atoms with Crippen LogP contribution in [0.1, 0.15) is 28.6 Å². The SMILES string of the molecule is Cc1nc(Br)c(C2CC2)s1. The van der Waals surface area contributed by atoms with Gasteiger partial charge in [-0.1, -0.05) is 0 Å². The van der Waals surface area contributed by atoms with Crippen molar-refractivity contribution in [2.45, 2.75) is 25.7 Å². The summed E-state index contributed by atoms with van der Waals surface area (Å²) in [6.45, 7) is 2.06. The van der Waals surface area contributed by atoms with E-state index < -0.39 is 0 Å². The predicted molar refractivity (Wildman–Crippen MR) is 46.5 cm³/mol. The topological polar surface area (TPSA) is 12.9 Å². The van der Waals surface area contributed by atoms with E-state index in [2.05, 4.69) is 27.8 Å². The normalized spacial score (nSPS) is 17.8. The molecule has 1 aliphatic rings. The number of hydrogen-bond acceptors (Lipinski definition) is 2. The zero-order valence-electron chi connectivity index (χ0n) is 5.72. The minimum absolute atomic E-state index is 0.834. The second-order valence-electron chi connectivity index (χ2n) is 2.66. The van der Waals surface area contributed by atoms with Crippen molar-refractivity contribution in [1.82, 2.24) is 4.98 Å². The van der Waals surface area contributed by atoms with Crippen LogP contribution in [0.15, 0.2) is 4.60 Å². The average Bonchev–Trinajstić information content (AvgIpc) is 2.61. The lowest BCUT2D eigenvalue weighted by molar-refractivity contribution is 1.13. The highest BCUT2D eigenvalue weighted by molar-refractivity contribution is 9.10. The van der Waals surface area contributed by atoms with Gasteiger partial charge in [-0.25, -0.2) is 4.98 Å². The summed E-state index contributed by atoms with van der Waals surface area (Å²) < 4.78 is 1.08. The van der Waals surface area contributed by atoms with Gasteiger partial charge in [-0.3, -0.25) is 0 Å². The van der Waals surface area contributed by atoms with Crippen LogP contribution in [0.4, 0.5) is 0 Å². The Morgan fingerprint density at radius 3 is 2.70 bits per heavy atom. The van der Waals surface area contributed by atoms with E-state index in [0.29, 0.717) is 0 Å². The molecule has 3 heteroatoms. The Labute approximate surface area is 72.6 Å². The van der Waals surface area contributed by atoms with Crippen LogP contribution in [-0.2, 0) is 0 Å². The number of aromatic nitrogens is 1. The van der Waals surface area contributed by atoms with E-state index in [9.17, 15) is 0 Å². The molecule has 0 radical (unpaired) electrons. The molecule has 1 fully saturated rings. The first-order valence-electron chi connectivity index (χ1n) is 3.40. The molecule has 0 unspecified atom stereocenters. The molecule has 1 aliphatic carbocycles. The second-order valence-corrected chi connectivity index (χ2v) is 4.65. The maximum Gasteiger partial charge on any atom is 0.120 e. The predicted octanol–water partition coefficient (Wildman–Crippen LogP) is 3.09. The van der Waals surface area contributed by atoms with E-state index in [0.717, 1.165) is 10.5 Å². The summed E-state index contributed by atoms with van der Waals surface area (Å²) in [7, 11) is 0. The Hall–Kier alpha value is 0.110. The first-order chi connectivity index (χ1) is 4.77. The van der Waals surface area contributed by atoms with Gasteiger partial charge in [0.15, 0.2) is 0 Å². The number of halogens is 1. The van der Waals surface area contributed by atoms with Gasteiger partial charge >= 0.3 is 0 Å². The van der Waals surface area contributed by atoms with Crippen molar-refractivity contribution in [2.24, 2.45) is 0 Å². The maximum absolute atomic E-state index is 4.31.